The Morgan fingerprint density at radius 1 is 0.958 bits per heavy atom. The van der Waals surface area contributed by atoms with Crippen LogP contribution in [0.3, 0.4) is 0 Å². The molecule has 2 heterocycles. The van der Waals surface area contributed by atoms with Crippen molar-refractivity contribution in [3.63, 3.8) is 0 Å². The molecule has 0 radical (unpaired) electrons. The number of halogens is 3. The molecule has 7 heteroatoms. The van der Waals surface area contributed by atoms with Crippen LogP contribution in [0.4, 0.5) is 18.9 Å². The van der Waals surface area contributed by atoms with E-state index in [4.69, 9.17) is 0 Å². The Morgan fingerprint density at radius 2 is 1.62 bits per heavy atom. The van der Waals surface area contributed by atoms with Crippen molar-refractivity contribution in [3.8, 4) is 10.4 Å². The first-order chi connectivity index (χ1) is 11.4. The average molecular weight is 348 g/mol. The molecule has 0 saturated carbocycles. The van der Waals surface area contributed by atoms with Gasteiger partial charge in [-0.1, -0.05) is 0 Å². The second-order valence-electron chi connectivity index (χ2n) is 4.93. The zero-order chi connectivity index (χ0) is 17.2. The molecule has 0 fully saturated rings. The number of alkyl halides is 3. The number of nitrogens with one attached hydrogen (secondary N) is 1. The molecule has 1 N–H and O–H groups in total. The molecule has 0 unspecified atom stereocenters. The second-order valence-corrected chi connectivity index (χ2v) is 6.01. The summed E-state index contributed by atoms with van der Waals surface area (Å²) in [5, 5.41) is 2.59. The van der Waals surface area contributed by atoms with E-state index in [-0.39, 0.29) is 5.91 Å². The molecule has 0 spiro atoms. The highest BCUT2D eigenvalue weighted by Crippen LogP contribution is 2.31. The number of carbonyl (C=O) groups excluding carboxylic acids is 1. The third-order valence-electron chi connectivity index (χ3n) is 3.26. The number of rotatable bonds is 3. The number of amides is 1. The zero-order valence-corrected chi connectivity index (χ0v) is 13.0. The lowest BCUT2D eigenvalue weighted by molar-refractivity contribution is -0.137. The van der Waals surface area contributed by atoms with E-state index in [1.165, 1.54) is 23.5 Å². The number of carbonyl (C=O) groups is 1. The maximum absolute atomic E-state index is 12.5. The summed E-state index contributed by atoms with van der Waals surface area (Å²) in [7, 11) is 0. The predicted molar refractivity (Wildman–Crippen MR) is 86.9 cm³/mol. The molecule has 1 amide bonds. The van der Waals surface area contributed by atoms with Crippen LogP contribution in [0.2, 0.25) is 0 Å². The monoisotopic (exact) mass is 348 g/mol. The Balaban J connectivity index is 1.73. The molecule has 0 aliphatic rings. The van der Waals surface area contributed by atoms with Crippen LogP contribution in [0, 0.1) is 0 Å². The minimum Gasteiger partial charge on any atom is -0.321 e. The van der Waals surface area contributed by atoms with Crippen molar-refractivity contribution < 1.29 is 18.0 Å². The van der Waals surface area contributed by atoms with Gasteiger partial charge < -0.3 is 5.32 Å². The molecule has 2 aromatic heterocycles. The molecule has 122 valence electrons. The van der Waals surface area contributed by atoms with Gasteiger partial charge in [0.1, 0.15) is 0 Å². The van der Waals surface area contributed by atoms with Crippen LogP contribution in [0.5, 0.6) is 0 Å². The minimum atomic E-state index is -4.39. The normalized spacial score (nSPS) is 11.3. The van der Waals surface area contributed by atoms with E-state index >= 15 is 0 Å². The summed E-state index contributed by atoms with van der Waals surface area (Å²) in [6.45, 7) is 0. The van der Waals surface area contributed by atoms with E-state index in [1.54, 1.807) is 18.5 Å². The van der Waals surface area contributed by atoms with Gasteiger partial charge in [0.2, 0.25) is 0 Å². The number of benzene rings is 1. The number of nitrogens with zero attached hydrogens (tertiary/aromatic N) is 1. The van der Waals surface area contributed by atoms with E-state index in [9.17, 15) is 18.0 Å². The molecule has 3 rings (SSSR count). The van der Waals surface area contributed by atoms with Gasteiger partial charge in [-0.15, -0.1) is 11.3 Å². The third kappa shape index (κ3) is 3.62. The fraction of sp³-hybridized carbons (Fsp3) is 0.0588. The molecule has 24 heavy (non-hydrogen) atoms. The van der Waals surface area contributed by atoms with Crippen molar-refractivity contribution in [1.82, 2.24) is 4.98 Å². The van der Waals surface area contributed by atoms with Gasteiger partial charge in [-0.3, -0.25) is 9.78 Å². The highest BCUT2D eigenvalue weighted by atomic mass is 32.1. The third-order valence-corrected chi connectivity index (χ3v) is 4.40. The molecule has 0 aliphatic carbocycles. The van der Waals surface area contributed by atoms with Gasteiger partial charge in [-0.05, 0) is 54.1 Å². The van der Waals surface area contributed by atoms with Crippen LogP contribution in [0.15, 0.2) is 60.9 Å². The van der Waals surface area contributed by atoms with Gasteiger partial charge in [0.05, 0.1) is 10.4 Å². The molecular formula is C17H11F3N2OS. The molecule has 3 nitrogen and oxygen atoms in total. The summed E-state index contributed by atoms with van der Waals surface area (Å²) in [6.07, 6.45) is -1.07. The molecule has 0 atom stereocenters. The average Bonchev–Trinajstić information content (AvgIpc) is 3.05. The minimum absolute atomic E-state index is 0.312. The van der Waals surface area contributed by atoms with Crippen LogP contribution in [0.1, 0.15) is 15.2 Å². The van der Waals surface area contributed by atoms with Crippen molar-refractivity contribution in [2.45, 2.75) is 6.18 Å². The number of hydrogen-bond acceptors (Lipinski definition) is 3. The summed E-state index contributed by atoms with van der Waals surface area (Å²) in [5.74, 6) is -0.361. The van der Waals surface area contributed by atoms with E-state index in [2.05, 4.69) is 10.3 Å². The van der Waals surface area contributed by atoms with Crippen molar-refractivity contribution in [3.05, 3.63) is 71.4 Å². The van der Waals surface area contributed by atoms with Crippen LogP contribution in [-0.4, -0.2) is 10.9 Å². The number of anilines is 1. The fourth-order valence-corrected chi connectivity index (χ4v) is 2.97. The van der Waals surface area contributed by atoms with Crippen molar-refractivity contribution in [2.75, 3.05) is 5.32 Å². The second kappa shape index (κ2) is 6.45. The lowest BCUT2D eigenvalue weighted by Gasteiger charge is -2.08. The molecule has 0 saturated heterocycles. The fourth-order valence-electron chi connectivity index (χ4n) is 2.07. The summed E-state index contributed by atoms with van der Waals surface area (Å²) in [4.78, 5) is 17.5. The zero-order valence-electron chi connectivity index (χ0n) is 12.2. The highest BCUT2D eigenvalue weighted by Gasteiger charge is 2.30. The van der Waals surface area contributed by atoms with Crippen molar-refractivity contribution in [1.29, 1.82) is 0 Å². The van der Waals surface area contributed by atoms with Gasteiger partial charge in [0.15, 0.2) is 0 Å². The molecule has 1 aromatic carbocycles. The maximum atomic E-state index is 12.5. The van der Waals surface area contributed by atoms with Crippen LogP contribution in [0.25, 0.3) is 10.4 Å². The Kier molecular flexibility index (Phi) is 4.35. The molecule has 3 aromatic rings. The largest absolute Gasteiger partial charge is 0.416 e. The number of thiophene rings is 1. The van der Waals surface area contributed by atoms with Crippen LogP contribution >= 0.6 is 11.3 Å². The number of hydrogen-bond donors (Lipinski definition) is 1. The van der Waals surface area contributed by atoms with Gasteiger partial charge in [0, 0.05) is 23.0 Å². The van der Waals surface area contributed by atoms with Crippen LogP contribution < -0.4 is 5.32 Å². The first-order valence-corrected chi connectivity index (χ1v) is 7.74. The Bertz CT molecular complexity index is 842. The predicted octanol–water partition coefficient (Wildman–Crippen LogP) is 5.08. The Labute approximate surface area is 139 Å². The van der Waals surface area contributed by atoms with Crippen molar-refractivity contribution in [2.24, 2.45) is 0 Å². The summed E-state index contributed by atoms with van der Waals surface area (Å²) in [6, 6.07) is 11.5. The first kappa shape index (κ1) is 16.2. The van der Waals surface area contributed by atoms with Crippen molar-refractivity contribution >= 4 is 22.9 Å². The maximum Gasteiger partial charge on any atom is 0.416 e. The van der Waals surface area contributed by atoms with Gasteiger partial charge in [-0.2, -0.15) is 13.2 Å². The Hall–Kier alpha value is -2.67. The summed E-state index contributed by atoms with van der Waals surface area (Å²) < 4.78 is 37.6. The van der Waals surface area contributed by atoms with Gasteiger partial charge in [0.25, 0.3) is 5.91 Å². The molecular weight excluding hydrogens is 337 g/mol. The van der Waals surface area contributed by atoms with Gasteiger partial charge in [-0.25, -0.2) is 0 Å². The summed E-state index contributed by atoms with van der Waals surface area (Å²) >= 11 is 1.30. The van der Waals surface area contributed by atoms with E-state index in [0.29, 0.717) is 10.6 Å². The highest BCUT2D eigenvalue weighted by molar-refractivity contribution is 7.17. The van der Waals surface area contributed by atoms with E-state index < -0.39 is 11.7 Å². The molecule has 0 aliphatic heterocycles. The Morgan fingerprint density at radius 3 is 2.25 bits per heavy atom. The standard InChI is InChI=1S/C17H11F3N2OS/c18-17(19,20)12-1-3-13(4-2-12)22-16(23)15-6-5-14(24-15)11-7-9-21-10-8-11/h1-10H,(H,22,23). The van der Waals surface area contributed by atoms with Crippen LogP contribution in [-0.2, 0) is 6.18 Å². The van der Waals surface area contributed by atoms with Gasteiger partial charge >= 0.3 is 6.18 Å². The smallest absolute Gasteiger partial charge is 0.321 e. The molecule has 0 bridgehead atoms. The topological polar surface area (TPSA) is 42.0 Å². The van der Waals surface area contributed by atoms with E-state index in [0.717, 1.165) is 22.6 Å². The SMILES string of the molecule is O=C(Nc1ccc(C(F)(F)F)cc1)c1ccc(-c2ccncc2)s1. The first-order valence-electron chi connectivity index (χ1n) is 6.92. The lowest BCUT2D eigenvalue weighted by Crippen LogP contribution is -2.10. The number of pyridine rings is 1. The number of aromatic nitrogens is 1. The summed E-state index contributed by atoms with van der Waals surface area (Å²) in [5.41, 5.74) is 0.507. The quantitative estimate of drug-likeness (QED) is 0.717. The lowest BCUT2D eigenvalue weighted by atomic mass is 10.2. The van der Waals surface area contributed by atoms with E-state index in [1.807, 2.05) is 18.2 Å².